The van der Waals surface area contributed by atoms with Crippen LogP contribution in [0.2, 0.25) is 0 Å². The number of amides is 2. The summed E-state index contributed by atoms with van der Waals surface area (Å²) < 4.78 is 1.83. The number of aromatic nitrogens is 2. The number of nitrogens with zero attached hydrogens (tertiary/aromatic N) is 2. The van der Waals surface area contributed by atoms with Crippen molar-refractivity contribution < 1.29 is 9.59 Å². The Hall–Kier alpha value is -2.89. The molecule has 0 saturated heterocycles. The van der Waals surface area contributed by atoms with Crippen LogP contribution < -0.4 is 10.6 Å². The Labute approximate surface area is 166 Å². The van der Waals surface area contributed by atoms with Gasteiger partial charge in [-0.2, -0.15) is 5.10 Å². The minimum Gasteiger partial charge on any atom is -0.348 e. The maximum absolute atomic E-state index is 11.9. The molecule has 1 aliphatic carbocycles. The van der Waals surface area contributed by atoms with E-state index in [2.05, 4.69) is 21.8 Å². The smallest absolute Gasteiger partial charge is 0.309 e. The summed E-state index contributed by atoms with van der Waals surface area (Å²) in [5.74, 6) is -1.12. The monoisotopic (exact) mass is 380 g/mol. The lowest BCUT2D eigenvalue weighted by atomic mass is 9.97. The normalized spacial score (nSPS) is 13.7. The van der Waals surface area contributed by atoms with Gasteiger partial charge >= 0.3 is 11.8 Å². The summed E-state index contributed by atoms with van der Waals surface area (Å²) in [5.41, 5.74) is 4.65. The van der Waals surface area contributed by atoms with Crippen LogP contribution in [-0.4, -0.2) is 34.7 Å². The molecule has 148 valence electrons. The molecule has 1 aromatic heterocycles. The van der Waals surface area contributed by atoms with Gasteiger partial charge in [-0.25, -0.2) is 0 Å². The molecule has 3 rings (SSSR count). The van der Waals surface area contributed by atoms with Crippen molar-refractivity contribution in [2.45, 2.75) is 38.5 Å². The Kier molecular flexibility index (Phi) is 7.00. The molecule has 0 atom stereocenters. The molecule has 6 heteroatoms. The fourth-order valence-corrected chi connectivity index (χ4v) is 3.45. The first-order valence-corrected chi connectivity index (χ1v) is 9.95. The van der Waals surface area contributed by atoms with Crippen molar-refractivity contribution in [3.05, 3.63) is 53.7 Å². The summed E-state index contributed by atoms with van der Waals surface area (Å²) in [5, 5.41) is 9.57. The van der Waals surface area contributed by atoms with Crippen LogP contribution in [0.5, 0.6) is 0 Å². The zero-order valence-electron chi connectivity index (χ0n) is 16.4. The van der Waals surface area contributed by atoms with E-state index in [-0.39, 0.29) is 0 Å². The third-order valence-electron chi connectivity index (χ3n) is 5.09. The van der Waals surface area contributed by atoms with Crippen LogP contribution in [0.3, 0.4) is 0 Å². The zero-order chi connectivity index (χ0) is 19.8. The highest BCUT2D eigenvalue weighted by molar-refractivity contribution is 6.35. The quantitative estimate of drug-likeness (QED) is 0.573. The van der Waals surface area contributed by atoms with Crippen LogP contribution in [-0.2, 0) is 23.1 Å². The highest BCUT2D eigenvalue weighted by Gasteiger charge is 2.12. The largest absolute Gasteiger partial charge is 0.348 e. The average Bonchev–Trinajstić information content (AvgIpc) is 3.15. The summed E-state index contributed by atoms with van der Waals surface area (Å²) in [6.45, 7) is 0.954. The van der Waals surface area contributed by atoms with Gasteiger partial charge in [0.15, 0.2) is 0 Å². The van der Waals surface area contributed by atoms with Crippen molar-refractivity contribution >= 4 is 11.8 Å². The van der Waals surface area contributed by atoms with E-state index in [0.29, 0.717) is 19.5 Å². The number of aryl methyl sites for hydroxylation is 1. The third-order valence-corrected chi connectivity index (χ3v) is 5.09. The van der Waals surface area contributed by atoms with Gasteiger partial charge in [-0.15, -0.1) is 0 Å². The molecule has 6 nitrogen and oxygen atoms in total. The molecule has 1 aromatic carbocycles. The molecule has 28 heavy (non-hydrogen) atoms. The second-order valence-electron chi connectivity index (χ2n) is 7.16. The maximum atomic E-state index is 11.9. The van der Waals surface area contributed by atoms with Gasteiger partial charge in [0, 0.05) is 26.3 Å². The Morgan fingerprint density at radius 1 is 1.00 bits per heavy atom. The minimum absolute atomic E-state index is 0.433. The lowest BCUT2D eigenvalue weighted by Crippen LogP contribution is -2.41. The Balaban J connectivity index is 1.37. The summed E-state index contributed by atoms with van der Waals surface area (Å²) in [7, 11) is 1.91. The van der Waals surface area contributed by atoms with E-state index in [0.717, 1.165) is 36.1 Å². The summed E-state index contributed by atoms with van der Waals surface area (Å²) in [4.78, 5) is 23.8. The molecule has 1 aliphatic rings. The molecular formula is C22H28N4O2. The molecule has 0 spiro atoms. The van der Waals surface area contributed by atoms with Crippen LogP contribution in [0.4, 0.5) is 0 Å². The number of hydrogen-bond acceptors (Lipinski definition) is 3. The highest BCUT2D eigenvalue weighted by Crippen LogP contribution is 2.19. The van der Waals surface area contributed by atoms with Crippen LogP contribution in [0.1, 0.15) is 37.7 Å². The second-order valence-corrected chi connectivity index (χ2v) is 7.16. The molecule has 0 bridgehead atoms. The first-order valence-electron chi connectivity index (χ1n) is 9.95. The lowest BCUT2D eigenvalue weighted by Gasteiger charge is -2.12. The molecule has 2 aromatic rings. The van der Waals surface area contributed by atoms with Gasteiger partial charge in [0.05, 0.1) is 5.69 Å². The van der Waals surface area contributed by atoms with E-state index in [1.54, 1.807) is 6.20 Å². The topological polar surface area (TPSA) is 76.0 Å². The molecule has 0 aliphatic heterocycles. The number of nitrogens with one attached hydrogen (secondary N) is 2. The molecule has 0 unspecified atom stereocenters. The Morgan fingerprint density at radius 2 is 1.71 bits per heavy atom. The molecule has 0 saturated carbocycles. The van der Waals surface area contributed by atoms with E-state index < -0.39 is 11.8 Å². The van der Waals surface area contributed by atoms with Crippen molar-refractivity contribution in [3.63, 3.8) is 0 Å². The van der Waals surface area contributed by atoms with Crippen molar-refractivity contribution in [1.29, 1.82) is 0 Å². The predicted octanol–water partition coefficient (Wildman–Crippen LogP) is 2.75. The lowest BCUT2D eigenvalue weighted by molar-refractivity contribution is -0.139. The summed E-state index contributed by atoms with van der Waals surface area (Å²) in [6.07, 6.45) is 10.3. The molecule has 0 radical (unpaired) electrons. The molecule has 2 N–H and O–H groups in total. The van der Waals surface area contributed by atoms with E-state index in [1.165, 1.54) is 18.4 Å². The third kappa shape index (κ3) is 5.55. The SMILES string of the molecule is Cn1nccc1-c1ccc(CCNC(=O)C(=O)NCCC2=CCCCC2)cc1. The number of rotatable bonds is 7. The molecule has 2 amide bonds. The fourth-order valence-electron chi connectivity index (χ4n) is 3.45. The predicted molar refractivity (Wildman–Crippen MR) is 110 cm³/mol. The molecule has 1 heterocycles. The number of hydrogen-bond donors (Lipinski definition) is 2. The minimum atomic E-state index is -0.566. The van der Waals surface area contributed by atoms with Crippen molar-refractivity contribution in [3.8, 4) is 11.3 Å². The number of allylic oxidation sites excluding steroid dienone is 1. The van der Waals surface area contributed by atoms with E-state index in [1.807, 2.05) is 42.1 Å². The number of carbonyl (C=O) groups is 2. The van der Waals surface area contributed by atoms with Gasteiger partial charge in [0.25, 0.3) is 0 Å². The number of benzene rings is 1. The molecule has 0 fully saturated rings. The van der Waals surface area contributed by atoms with E-state index in [4.69, 9.17) is 0 Å². The van der Waals surface area contributed by atoms with Gasteiger partial charge in [-0.05, 0) is 55.7 Å². The van der Waals surface area contributed by atoms with Crippen LogP contribution in [0.15, 0.2) is 48.2 Å². The van der Waals surface area contributed by atoms with Crippen molar-refractivity contribution in [1.82, 2.24) is 20.4 Å². The Bertz CT molecular complexity index is 836. The standard InChI is InChI=1S/C22H28N4O2/c1-26-20(13-16-25-26)19-9-7-18(8-10-19)12-15-24-22(28)21(27)23-14-11-17-5-3-2-4-6-17/h5,7-10,13,16H,2-4,6,11-12,14-15H2,1H3,(H,23,27)(H,24,28). The first-order chi connectivity index (χ1) is 13.6. The van der Waals surface area contributed by atoms with Crippen LogP contribution in [0.25, 0.3) is 11.3 Å². The highest BCUT2D eigenvalue weighted by atomic mass is 16.2. The second kappa shape index (κ2) is 9.88. The van der Waals surface area contributed by atoms with Gasteiger partial charge in [-0.3, -0.25) is 14.3 Å². The van der Waals surface area contributed by atoms with Gasteiger partial charge in [0.2, 0.25) is 0 Å². The van der Waals surface area contributed by atoms with E-state index >= 15 is 0 Å². The summed E-state index contributed by atoms with van der Waals surface area (Å²) in [6, 6.07) is 10.1. The van der Waals surface area contributed by atoms with Crippen LogP contribution in [0, 0.1) is 0 Å². The van der Waals surface area contributed by atoms with Crippen molar-refractivity contribution in [2.24, 2.45) is 7.05 Å². The van der Waals surface area contributed by atoms with Gasteiger partial charge < -0.3 is 10.6 Å². The number of carbonyl (C=O) groups excluding carboxylic acids is 2. The zero-order valence-corrected chi connectivity index (χ0v) is 16.4. The average molecular weight is 380 g/mol. The van der Waals surface area contributed by atoms with E-state index in [9.17, 15) is 9.59 Å². The van der Waals surface area contributed by atoms with Gasteiger partial charge in [0.1, 0.15) is 0 Å². The Morgan fingerprint density at radius 3 is 2.32 bits per heavy atom. The fraction of sp³-hybridized carbons (Fsp3) is 0.409. The van der Waals surface area contributed by atoms with Crippen molar-refractivity contribution in [2.75, 3.05) is 13.1 Å². The van der Waals surface area contributed by atoms with Gasteiger partial charge in [-0.1, -0.05) is 35.9 Å². The maximum Gasteiger partial charge on any atom is 0.309 e. The van der Waals surface area contributed by atoms with Crippen LogP contribution >= 0.6 is 0 Å². The molecular weight excluding hydrogens is 352 g/mol. The summed E-state index contributed by atoms with van der Waals surface area (Å²) >= 11 is 0. The first kappa shape index (κ1) is 19.9.